The van der Waals surface area contributed by atoms with Crippen molar-refractivity contribution in [2.45, 2.75) is 17.9 Å². The number of aryl methyl sites for hydroxylation is 1. The van der Waals surface area contributed by atoms with Gasteiger partial charge in [-0.1, -0.05) is 41.6 Å². The molecule has 4 rings (SSSR count). The molecule has 0 unspecified atom stereocenters. The molecule has 0 spiro atoms. The Balaban J connectivity index is 1.55. The fourth-order valence-corrected chi connectivity index (χ4v) is 4.43. The smallest absolute Gasteiger partial charge is 0.277 e. The Kier molecular flexibility index (Phi) is 6.57. The summed E-state index contributed by atoms with van der Waals surface area (Å²) in [6.45, 7) is 1.93. The quantitative estimate of drug-likeness (QED) is 0.323. The molecule has 0 atom stereocenters. The summed E-state index contributed by atoms with van der Waals surface area (Å²) >= 11 is 8.00. The van der Waals surface area contributed by atoms with E-state index in [1.165, 1.54) is 11.8 Å². The second-order valence-corrected chi connectivity index (χ2v) is 7.96. The van der Waals surface area contributed by atoms with Gasteiger partial charge in [-0.2, -0.15) is 5.10 Å². The Hall–Kier alpha value is -3.17. The number of rotatable bonds is 8. The van der Waals surface area contributed by atoms with Gasteiger partial charge >= 0.3 is 0 Å². The van der Waals surface area contributed by atoms with Crippen molar-refractivity contribution < 1.29 is 18.6 Å². The molecule has 0 aliphatic rings. The molecule has 0 aliphatic carbocycles. The van der Waals surface area contributed by atoms with E-state index >= 15 is 0 Å². The van der Waals surface area contributed by atoms with Crippen LogP contribution in [0.5, 0.6) is 17.2 Å². The molecule has 32 heavy (non-hydrogen) atoms. The highest BCUT2D eigenvalue weighted by atomic mass is 35.5. The number of halogens is 1. The van der Waals surface area contributed by atoms with Gasteiger partial charge in [0.05, 0.1) is 32.7 Å². The molecule has 0 N–H and O–H groups in total. The number of benzene rings is 2. The van der Waals surface area contributed by atoms with Gasteiger partial charge in [0.1, 0.15) is 5.15 Å². The molecule has 0 amide bonds. The standard InChI is InChI=1S/C22H21ClN4O4S/c1-13-16(20(23)27(26-13)15-8-6-5-7-9-15)12-32-22-25-24-21(31-22)14-10-17(28-2)19(30-4)18(11-14)29-3/h5-11H,12H2,1-4H3. The van der Waals surface area contributed by atoms with E-state index in [2.05, 4.69) is 15.3 Å². The number of hydrogen-bond donors (Lipinski definition) is 0. The first-order chi connectivity index (χ1) is 15.5. The summed E-state index contributed by atoms with van der Waals surface area (Å²) in [5.41, 5.74) is 3.31. The number of hydrogen-bond acceptors (Lipinski definition) is 8. The Bertz CT molecular complexity index is 1200. The molecule has 2 heterocycles. The van der Waals surface area contributed by atoms with E-state index < -0.39 is 0 Å². The number of methoxy groups -OCH3 is 3. The van der Waals surface area contributed by atoms with Crippen LogP contribution in [0.4, 0.5) is 0 Å². The van der Waals surface area contributed by atoms with E-state index in [1.54, 1.807) is 38.1 Å². The molecule has 0 aliphatic heterocycles. The molecule has 2 aromatic heterocycles. The molecule has 0 saturated heterocycles. The number of nitrogens with zero attached hydrogens (tertiary/aromatic N) is 4. The minimum atomic E-state index is 0.342. The summed E-state index contributed by atoms with van der Waals surface area (Å²) < 4.78 is 23.7. The lowest BCUT2D eigenvalue weighted by Gasteiger charge is -2.12. The Morgan fingerprint density at radius 2 is 1.69 bits per heavy atom. The van der Waals surface area contributed by atoms with Gasteiger partial charge < -0.3 is 18.6 Å². The fourth-order valence-electron chi connectivity index (χ4n) is 3.16. The molecule has 10 heteroatoms. The van der Waals surface area contributed by atoms with Gasteiger partial charge in [-0.15, -0.1) is 10.2 Å². The van der Waals surface area contributed by atoms with Crippen molar-refractivity contribution in [3.8, 4) is 34.4 Å². The molecule has 4 aromatic rings. The van der Waals surface area contributed by atoms with Crippen LogP contribution in [0.1, 0.15) is 11.3 Å². The van der Waals surface area contributed by atoms with Gasteiger partial charge in [0.2, 0.25) is 11.6 Å². The first kappa shape index (κ1) is 22.0. The molecule has 2 aromatic carbocycles. The second kappa shape index (κ2) is 9.54. The molecule has 0 saturated carbocycles. The van der Waals surface area contributed by atoms with Gasteiger partial charge in [-0.05, 0) is 31.2 Å². The lowest BCUT2D eigenvalue weighted by molar-refractivity contribution is 0.324. The Morgan fingerprint density at radius 1 is 1.00 bits per heavy atom. The number of para-hydroxylation sites is 1. The van der Waals surface area contributed by atoms with Crippen LogP contribution in [-0.2, 0) is 5.75 Å². The lowest BCUT2D eigenvalue weighted by Crippen LogP contribution is -1.95. The third-order valence-corrected chi connectivity index (χ3v) is 6.01. The molecule has 166 valence electrons. The van der Waals surface area contributed by atoms with Gasteiger partial charge in [0.25, 0.3) is 5.22 Å². The highest BCUT2D eigenvalue weighted by Crippen LogP contribution is 2.41. The first-order valence-electron chi connectivity index (χ1n) is 9.61. The maximum absolute atomic E-state index is 6.61. The molecule has 8 nitrogen and oxygen atoms in total. The normalized spacial score (nSPS) is 10.9. The van der Waals surface area contributed by atoms with E-state index in [9.17, 15) is 0 Å². The van der Waals surface area contributed by atoms with Crippen LogP contribution in [0, 0.1) is 6.92 Å². The maximum atomic E-state index is 6.61. The highest BCUT2D eigenvalue weighted by molar-refractivity contribution is 7.98. The van der Waals surface area contributed by atoms with Crippen LogP contribution in [0.2, 0.25) is 5.15 Å². The predicted molar refractivity (Wildman–Crippen MR) is 122 cm³/mol. The summed E-state index contributed by atoms with van der Waals surface area (Å²) in [4.78, 5) is 0. The monoisotopic (exact) mass is 472 g/mol. The van der Waals surface area contributed by atoms with Crippen LogP contribution >= 0.6 is 23.4 Å². The second-order valence-electron chi connectivity index (χ2n) is 6.68. The minimum absolute atomic E-state index is 0.342. The van der Waals surface area contributed by atoms with Gasteiger partial charge in [0.15, 0.2) is 11.5 Å². The van der Waals surface area contributed by atoms with E-state index in [1.807, 2.05) is 37.3 Å². The Labute approximate surface area is 194 Å². The molecule has 0 fully saturated rings. The van der Waals surface area contributed by atoms with E-state index in [0.717, 1.165) is 16.9 Å². The fraction of sp³-hybridized carbons (Fsp3) is 0.227. The highest BCUT2D eigenvalue weighted by Gasteiger charge is 2.19. The van der Waals surface area contributed by atoms with Crippen molar-refractivity contribution >= 4 is 23.4 Å². The van der Waals surface area contributed by atoms with Crippen molar-refractivity contribution in [2.24, 2.45) is 0 Å². The summed E-state index contributed by atoms with van der Waals surface area (Å²) in [5, 5.41) is 13.8. The first-order valence-corrected chi connectivity index (χ1v) is 11.0. The third kappa shape index (κ3) is 4.26. The lowest BCUT2D eigenvalue weighted by atomic mass is 10.2. The summed E-state index contributed by atoms with van der Waals surface area (Å²) in [6, 6.07) is 13.3. The van der Waals surface area contributed by atoms with E-state index in [-0.39, 0.29) is 0 Å². The zero-order chi connectivity index (χ0) is 22.7. The average Bonchev–Trinajstić information content (AvgIpc) is 3.41. The van der Waals surface area contributed by atoms with Crippen LogP contribution < -0.4 is 14.2 Å². The topological polar surface area (TPSA) is 84.4 Å². The van der Waals surface area contributed by atoms with Crippen LogP contribution in [0.3, 0.4) is 0 Å². The van der Waals surface area contributed by atoms with Gasteiger partial charge in [0, 0.05) is 16.9 Å². The summed E-state index contributed by atoms with van der Waals surface area (Å²) in [5.74, 6) is 2.38. The van der Waals surface area contributed by atoms with Crippen LogP contribution in [0.25, 0.3) is 17.1 Å². The predicted octanol–water partition coefficient (Wildman–Crippen LogP) is 5.20. The molecule has 0 radical (unpaired) electrons. The molecular weight excluding hydrogens is 452 g/mol. The van der Waals surface area contributed by atoms with Gasteiger partial charge in [-0.25, -0.2) is 4.68 Å². The van der Waals surface area contributed by atoms with Crippen molar-refractivity contribution in [1.29, 1.82) is 0 Å². The summed E-state index contributed by atoms with van der Waals surface area (Å²) in [6.07, 6.45) is 0. The zero-order valence-corrected chi connectivity index (χ0v) is 19.5. The van der Waals surface area contributed by atoms with Crippen molar-refractivity contribution in [2.75, 3.05) is 21.3 Å². The Morgan fingerprint density at radius 3 is 2.31 bits per heavy atom. The number of thioether (sulfide) groups is 1. The van der Waals surface area contributed by atoms with E-state index in [4.69, 9.17) is 30.2 Å². The third-order valence-electron chi connectivity index (χ3n) is 4.78. The summed E-state index contributed by atoms with van der Waals surface area (Å²) in [7, 11) is 4.66. The average molecular weight is 473 g/mol. The zero-order valence-electron chi connectivity index (χ0n) is 18.0. The van der Waals surface area contributed by atoms with Crippen molar-refractivity contribution in [3.63, 3.8) is 0 Å². The van der Waals surface area contributed by atoms with Crippen molar-refractivity contribution in [3.05, 3.63) is 58.9 Å². The number of aromatic nitrogens is 4. The number of ether oxygens (including phenoxy) is 3. The van der Waals surface area contributed by atoms with Crippen LogP contribution in [-0.4, -0.2) is 41.3 Å². The van der Waals surface area contributed by atoms with Gasteiger partial charge in [-0.3, -0.25) is 0 Å². The minimum Gasteiger partial charge on any atom is -0.493 e. The van der Waals surface area contributed by atoms with Crippen molar-refractivity contribution in [1.82, 2.24) is 20.0 Å². The maximum Gasteiger partial charge on any atom is 0.277 e. The van der Waals surface area contributed by atoms with Crippen LogP contribution in [0.15, 0.2) is 52.1 Å². The molecule has 0 bridgehead atoms. The largest absolute Gasteiger partial charge is 0.493 e. The molecular formula is C22H21ClN4O4S. The SMILES string of the molecule is COc1cc(-c2nnc(SCc3c(C)nn(-c4ccccc4)c3Cl)o2)cc(OC)c1OC. The van der Waals surface area contributed by atoms with E-state index in [0.29, 0.717) is 44.8 Å².